The Morgan fingerprint density at radius 2 is 1.54 bits per heavy atom. The van der Waals surface area contributed by atoms with Gasteiger partial charge < -0.3 is 37.4 Å². The Balaban J connectivity index is 1.88. The summed E-state index contributed by atoms with van der Waals surface area (Å²) in [5.41, 5.74) is 7.65. The summed E-state index contributed by atoms with van der Waals surface area (Å²) in [7, 11) is 0. The first-order valence-corrected chi connectivity index (χ1v) is 12.1. The van der Waals surface area contributed by atoms with Crippen LogP contribution in [0.1, 0.15) is 34.8 Å². The molecule has 2 bridgehead atoms. The number of rotatable bonds is 4. The number of hydrogen-bond acceptors (Lipinski definition) is 7. The molecule has 3 rings (SSSR count). The standard InChI is InChI=1S/C26H30N6O7/c1-14-23(36)32-19(10-15-5-7-18(27)8-6-15)25(38)29-13-21(33)31-20(11-22(34)35)26(39)28-12-16-3-2-4-17(9-16)24(37)30-14/h2-9,14,19-20H,10-13,27H2,1H3,(H,28,39)(H,29,38)(H,30,37)(H,31,33)(H,32,36)(H,34,35). The highest BCUT2D eigenvalue weighted by atomic mass is 16.4. The fourth-order valence-electron chi connectivity index (χ4n) is 3.80. The van der Waals surface area contributed by atoms with Gasteiger partial charge in [0.15, 0.2) is 0 Å². The number of nitrogen functional groups attached to an aromatic ring is 1. The molecule has 8 N–H and O–H groups in total. The molecule has 0 saturated carbocycles. The minimum atomic E-state index is -1.41. The van der Waals surface area contributed by atoms with Crippen molar-refractivity contribution >= 4 is 41.2 Å². The smallest absolute Gasteiger partial charge is 0.305 e. The lowest BCUT2D eigenvalue weighted by Crippen LogP contribution is -2.55. The van der Waals surface area contributed by atoms with Crippen molar-refractivity contribution in [3.05, 3.63) is 65.2 Å². The predicted octanol–water partition coefficient (Wildman–Crippen LogP) is -1.18. The number of carboxylic acid groups (broad SMARTS) is 1. The lowest BCUT2D eigenvalue weighted by molar-refractivity contribution is -0.140. The zero-order chi connectivity index (χ0) is 28.5. The molecule has 206 valence electrons. The van der Waals surface area contributed by atoms with Crippen molar-refractivity contribution < 1.29 is 33.9 Å². The van der Waals surface area contributed by atoms with E-state index in [-0.39, 0.29) is 18.5 Å². The SMILES string of the molecule is CC1NC(=O)c2cccc(c2)CNC(=O)C(CC(=O)O)NC(=O)CNC(=O)C(Cc2ccc(N)cc2)NC1=O. The predicted molar refractivity (Wildman–Crippen MR) is 139 cm³/mol. The topological polar surface area (TPSA) is 209 Å². The Labute approximate surface area is 223 Å². The van der Waals surface area contributed by atoms with Crippen LogP contribution in [0.5, 0.6) is 0 Å². The zero-order valence-corrected chi connectivity index (χ0v) is 21.2. The van der Waals surface area contributed by atoms with Crippen molar-refractivity contribution in [2.75, 3.05) is 12.3 Å². The first-order chi connectivity index (χ1) is 18.5. The van der Waals surface area contributed by atoms with Gasteiger partial charge in [0.25, 0.3) is 5.91 Å². The van der Waals surface area contributed by atoms with Gasteiger partial charge in [0.2, 0.25) is 23.6 Å². The molecule has 2 aromatic rings. The fraction of sp³-hybridized carbons (Fsp3) is 0.308. The van der Waals surface area contributed by atoms with Crippen LogP contribution in [-0.2, 0) is 36.9 Å². The number of aliphatic carboxylic acids is 1. The zero-order valence-electron chi connectivity index (χ0n) is 21.2. The number of anilines is 1. The first kappa shape index (κ1) is 28.6. The number of carboxylic acids is 1. The Bertz CT molecular complexity index is 1260. The van der Waals surface area contributed by atoms with Gasteiger partial charge in [-0.05, 0) is 42.3 Å². The van der Waals surface area contributed by atoms with Crippen LogP contribution in [0.2, 0.25) is 0 Å². The summed E-state index contributed by atoms with van der Waals surface area (Å²) >= 11 is 0. The molecule has 0 spiro atoms. The summed E-state index contributed by atoms with van der Waals surface area (Å²) in [6.07, 6.45) is -0.645. The third-order valence-electron chi connectivity index (χ3n) is 5.90. The molecule has 0 radical (unpaired) electrons. The highest BCUT2D eigenvalue weighted by Gasteiger charge is 2.27. The molecule has 0 fully saturated rings. The maximum absolute atomic E-state index is 13.0. The molecular formula is C26H30N6O7. The molecule has 3 unspecified atom stereocenters. The van der Waals surface area contributed by atoms with Gasteiger partial charge >= 0.3 is 5.97 Å². The number of benzene rings is 2. The second-order valence-corrected chi connectivity index (χ2v) is 9.06. The van der Waals surface area contributed by atoms with E-state index in [0.717, 1.165) is 0 Å². The van der Waals surface area contributed by atoms with E-state index in [1.807, 2.05) is 0 Å². The minimum absolute atomic E-state index is 0.0478. The van der Waals surface area contributed by atoms with Crippen molar-refractivity contribution in [3.8, 4) is 0 Å². The highest BCUT2D eigenvalue weighted by Crippen LogP contribution is 2.10. The highest BCUT2D eigenvalue weighted by molar-refractivity contribution is 5.99. The molecule has 5 amide bonds. The molecule has 1 aliphatic rings. The Morgan fingerprint density at radius 1 is 0.872 bits per heavy atom. The van der Waals surface area contributed by atoms with Crippen molar-refractivity contribution in [3.63, 3.8) is 0 Å². The van der Waals surface area contributed by atoms with Crippen LogP contribution in [-0.4, -0.2) is 65.3 Å². The first-order valence-electron chi connectivity index (χ1n) is 12.1. The molecule has 1 heterocycles. The maximum Gasteiger partial charge on any atom is 0.305 e. The molecule has 0 aromatic heterocycles. The monoisotopic (exact) mass is 538 g/mol. The van der Waals surface area contributed by atoms with Crippen LogP contribution in [0, 0.1) is 0 Å². The molecule has 2 aromatic carbocycles. The summed E-state index contributed by atoms with van der Waals surface area (Å²) in [6.45, 7) is 0.833. The molecule has 0 saturated heterocycles. The summed E-state index contributed by atoms with van der Waals surface area (Å²) in [4.78, 5) is 75.1. The molecule has 3 atom stereocenters. The van der Waals surface area contributed by atoms with E-state index in [9.17, 15) is 33.9 Å². The number of amides is 5. The Morgan fingerprint density at radius 3 is 2.23 bits per heavy atom. The van der Waals surface area contributed by atoms with Crippen LogP contribution in [0.15, 0.2) is 48.5 Å². The average molecular weight is 539 g/mol. The molecule has 0 aliphatic carbocycles. The van der Waals surface area contributed by atoms with Crippen LogP contribution in [0.4, 0.5) is 5.69 Å². The van der Waals surface area contributed by atoms with Gasteiger partial charge in [-0.1, -0.05) is 24.3 Å². The van der Waals surface area contributed by atoms with Crippen LogP contribution in [0.25, 0.3) is 0 Å². The number of fused-ring (bicyclic) bond motifs is 2. The fourth-order valence-corrected chi connectivity index (χ4v) is 3.80. The van der Waals surface area contributed by atoms with E-state index < -0.39 is 66.6 Å². The Hall–Kier alpha value is -4.94. The number of carbonyl (C=O) groups excluding carboxylic acids is 5. The van der Waals surface area contributed by atoms with E-state index >= 15 is 0 Å². The lowest BCUT2D eigenvalue weighted by atomic mass is 10.0. The number of nitrogens with two attached hydrogens (primary N) is 1. The summed E-state index contributed by atoms with van der Waals surface area (Å²) in [6, 6.07) is 9.33. The number of carbonyl (C=O) groups is 6. The maximum atomic E-state index is 13.0. The van der Waals surface area contributed by atoms with E-state index in [1.54, 1.807) is 36.4 Å². The molecule has 1 aliphatic heterocycles. The third kappa shape index (κ3) is 8.55. The van der Waals surface area contributed by atoms with Crippen molar-refractivity contribution in [1.29, 1.82) is 0 Å². The van der Waals surface area contributed by atoms with Gasteiger partial charge in [-0.25, -0.2) is 0 Å². The number of hydrogen-bond donors (Lipinski definition) is 7. The van der Waals surface area contributed by atoms with Crippen LogP contribution in [0.3, 0.4) is 0 Å². The van der Waals surface area contributed by atoms with Crippen LogP contribution >= 0.6 is 0 Å². The quantitative estimate of drug-likeness (QED) is 0.235. The van der Waals surface area contributed by atoms with Gasteiger partial charge in [0.05, 0.1) is 13.0 Å². The van der Waals surface area contributed by atoms with E-state index in [1.165, 1.54) is 19.1 Å². The molecule has 13 nitrogen and oxygen atoms in total. The van der Waals surface area contributed by atoms with E-state index in [4.69, 9.17) is 5.73 Å². The van der Waals surface area contributed by atoms with Gasteiger partial charge in [0.1, 0.15) is 18.1 Å². The van der Waals surface area contributed by atoms with Gasteiger partial charge in [-0.15, -0.1) is 0 Å². The molecule has 13 heteroatoms. The normalized spacial score (nSPS) is 21.3. The second kappa shape index (κ2) is 13.0. The number of nitrogens with one attached hydrogen (secondary N) is 5. The summed E-state index contributed by atoms with van der Waals surface area (Å²) < 4.78 is 0. The van der Waals surface area contributed by atoms with Crippen molar-refractivity contribution in [2.45, 2.75) is 44.4 Å². The van der Waals surface area contributed by atoms with Gasteiger partial charge in [-0.2, -0.15) is 0 Å². The third-order valence-corrected chi connectivity index (χ3v) is 5.90. The van der Waals surface area contributed by atoms with E-state index in [2.05, 4.69) is 26.6 Å². The van der Waals surface area contributed by atoms with Gasteiger partial charge in [-0.3, -0.25) is 28.8 Å². The van der Waals surface area contributed by atoms with E-state index in [0.29, 0.717) is 16.8 Å². The van der Waals surface area contributed by atoms with Crippen LogP contribution < -0.4 is 32.3 Å². The van der Waals surface area contributed by atoms with Crippen molar-refractivity contribution in [1.82, 2.24) is 26.6 Å². The molecule has 39 heavy (non-hydrogen) atoms. The summed E-state index contributed by atoms with van der Waals surface area (Å²) in [5.74, 6) is -4.76. The second-order valence-electron chi connectivity index (χ2n) is 9.06. The Kier molecular flexibility index (Phi) is 9.57. The van der Waals surface area contributed by atoms with Gasteiger partial charge in [0, 0.05) is 24.2 Å². The average Bonchev–Trinajstić information content (AvgIpc) is 2.90. The largest absolute Gasteiger partial charge is 0.481 e. The summed E-state index contributed by atoms with van der Waals surface area (Å²) in [5, 5.41) is 21.6. The molecular weight excluding hydrogens is 508 g/mol. The van der Waals surface area contributed by atoms with Crippen molar-refractivity contribution in [2.24, 2.45) is 0 Å². The minimum Gasteiger partial charge on any atom is -0.481 e. The lowest BCUT2D eigenvalue weighted by Gasteiger charge is -2.22.